The zero-order chi connectivity index (χ0) is 20.0. The van der Waals surface area contributed by atoms with E-state index in [1.165, 1.54) is 12.1 Å². The molecule has 0 radical (unpaired) electrons. The van der Waals surface area contributed by atoms with Crippen molar-refractivity contribution in [3.05, 3.63) is 71.4 Å². The van der Waals surface area contributed by atoms with E-state index in [4.69, 9.17) is 22.1 Å². The second-order valence-corrected chi connectivity index (χ2v) is 6.92. The molecule has 0 amide bonds. The van der Waals surface area contributed by atoms with Gasteiger partial charge in [0.1, 0.15) is 12.4 Å². The van der Waals surface area contributed by atoms with E-state index >= 15 is 0 Å². The van der Waals surface area contributed by atoms with Gasteiger partial charge < -0.3 is 10.5 Å². The number of aromatic amines is 1. The first-order chi connectivity index (χ1) is 14.1. The van der Waals surface area contributed by atoms with Crippen molar-refractivity contribution in [3.8, 4) is 11.4 Å². The van der Waals surface area contributed by atoms with Gasteiger partial charge >= 0.3 is 0 Å². The molecule has 0 spiro atoms. The van der Waals surface area contributed by atoms with Gasteiger partial charge in [0.15, 0.2) is 11.6 Å². The second-order valence-electron chi connectivity index (χ2n) is 6.51. The predicted octanol–water partition coefficient (Wildman–Crippen LogP) is 4.25. The van der Waals surface area contributed by atoms with Gasteiger partial charge in [-0.05, 0) is 36.4 Å². The Hall–Kier alpha value is -3.65. The quantitative estimate of drug-likeness (QED) is 0.463. The average Bonchev–Trinajstić information content (AvgIpc) is 3.38. The van der Waals surface area contributed by atoms with Gasteiger partial charge in [-0.3, -0.25) is 5.10 Å². The van der Waals surface area contributed by atoms with Crippen molar-refractivity contribution >= 4 is 39.2 Å². The maximum absolute atomic E-state index is 13.8. The number of benzene rings is 2. The third kappa shape index (κ3) is 3.13. The number of nitrogens with two attached hydrogens (primary N) is 1. The summed E-state index contributed by atoms with van der Waals surface area (Å²) in [5, 5.41) is 12.8. The van der Waals surface area contributed by atoms with E-state index in [0.717, 1.165) is 22.2 Å². The van der Waals surface area contributed by atoms with Crippen LogP contribution < -0.4 is 10.5 Å². The number of nitrogens with zero attached hydrogens (tertiary/aromatic N) is 4. The fourth-order valence-electron chi connectivity index (χ4n) is 3.20. The van der Waals surface area contributed by atoms with E-state index in [1.54, 1.807) is 23.1 Å². The summed E-state index contributed by atoms with van der Waals surface area (Å²) in [5.74, 6) is 0.0288. The summed E-state index contributed by atoms with van der Waals surface area (Å²) in [6.07, 6.45) is 5.30. The Labute approximate surface area is 168 Å². The molecule has 0 saturated heterocycles. The molecule has 3 heterocycles. The van der Waals surface area contributed by atoms with Crippen molar-refractivity contribution in [3.63, 3.8) is 0 Å². The third-order valence-corrected chi connectivity index (χ3v) is 4.91. The predicted molar refractivity (Wildman–Crippen MR) is 109 cm³/mol. The zero-order valence-electron chi connectivity index (χ0n) is 14.9. The minimum absolute atomic E-state index is 0.00482. The molecule has 0 bridgehead atoms. The molecular weight excluding hydrogens is 395 g/mol. The summed E-state index contributed by atoms with van der Waals surface area (Å²) in [6, 6.07) is 10.2. The lowest BCUT2D eigenvalue weighted by atomic mass is 10.1. The number of nitrogens with one attached hydrogen (secondary N) is 1. The van der Waals surface area contributed by atoms with Gasteiger partial charge in [0.2, 0.25) is 0 Å². The highest BCUT2D eigenvalue weighted by Crippen LogP contribution is 2.30. The third-order valence-electron chi connectivity index (χ3n) is 4.62. The standard InChI is InChI=1S/C20H14ClFN6O/c21-14-8-16-11(4-15(14)22)7-19(20(23)26-16)29-10-13-5-17-12(9-24-27-17)6-18(13)28-3-1-2-25-28/h1-9H,10H2,(H2,23,26)(H,24,27). The van der Waals surface area contributed by atoms with Gasteiger partial charge in [0, 0.05) is 28.7 Å². The van der Waals surface area contributed by atoms with Crippen molar-refractivity contribution in [2.45, 2.75) is 6.61 Å². The Balaban J connectivity index is 1.53. The molecular formula is C20H14ClFN6O. The molecule has 0 atom stereocenters. The summed E-state index contributed by atoms with van der Waals surface area (Å²) in [4.78, 5) is 4.27. The molecule has 2 aromatic carbocycles. The molecule has 0 aliphatic rings. The summed E-state index contributed by atoms with van der Waals surface area (Å²) in [6.45, 7) is 0.206. The van der Waals surface area contributed by atoms with Crippen LogP contribution in [0, 0.1) is 5.82 Å². The van der Waals surface area contributed by atoms with Crippen molar-refractivity contribution in [1.82, 2.24) is 25.0 Å². The van der Waals surface area contributed by atoms with E-state index in [9.17, 15) is 4.39 Å². The van der Waals surface area contributed by atoms with E-state index in [-0.39, 0.29) is 17.4 Å². The van der Waals surface area contributed by atoms with Crippen LogP contribution >= 0.6 is 11.6 Å². The highest BCUT2D eigenvalue weighted by molar-refractivity contribution is 6.31. The van der Waals surface area contributed by atoms with Gasteiger partial charge in [-0.25, -0.2) is 14.1 Å². The number of ether oxygens (including phenoxy) is 1. The molecule has 5 rings (SSSR count). The average molecular weight is 409 g/mol. The smallest absolute Gasteiger partial charge is 0.166 e. The van der Waals surface area contributed by atoms with E-state index < -0.39 is 5.82 Å². The number of H-pyrrole nitrogens is 1. The number of rotatable bonds is 4. The summed E-state index contributed by atoms with van der Waals surface area (Å²) < 4.78 is 21.5. The van der Waals surface area contributed by atoms with Gasteiger partial charge in [0.25, 0.3) is 0 Å². The van der Waals surface area contributed by atoms with E-state index in [1.807, 2.05) is 24.4 Å². The highest BCUT2D eigenvalue weighted by atomic mass is 35.5. The Morgan fingerprint density at radius 1 is 1.17 bits per heavy atom. The molecule has 3 N–H and O–H groups in total. The normalized spacial score (nSPS) is 11.4. The first-order valence-corrected chi connectivity index (χ1v) is 9.10. The molecule has 29 heavy (non-hydrogen) atoms. The molecule has 0 fully saturated rings. The molecule has 0 saturated carbocycles. The maximum Gasteiger partial charge on any atom is 0.166 e. The molecule has 9 heteroatoms. The summed E-state index contributed by atoms with van der Waals surface area (Å²) >= 11 is 5.82. The van der Waals surface area contributed by atoms with E-state index in [2.05, 4.69) is 20.3 Å². The Morgan fingerprint density at radius 2 is 2.07 bits per heavy atom. The lowest BCUT2D eigenvalue weighted by Gasteiger charge is -2.13. The SMILES string of the molecule is Nc1nc2cc(Cl)c(F)cc2cc1OCc1cc2[nH]ncc2cc1-n1cccn1. The van der Waals surface area contributed by atoms with Crippen LogP contribution in [0.15, 0.2) is 55.0 Å². The monoisotopic (exact) mass is 408 g/mol. The minimum atomic E-state index is -0.526. The number of pyridine rings is 1. The highest BCUT2D eigenvalue weighted by Gasteiger charge is 2.13. The van der Waals surface area contributed by atoms with Crippen LogP contribution in [-0.4, -0.2) is 25.0 Å². The van der Waals surface area contributed by atoms with Gasteiger partial charge in [-0.15, -0.1) is 0 Å². The van der Waals surface area contributed by atoms with Crippen LogP contribution in [0.2, 0.25) is 5.02 Å². The first kappa shape index (κ1) is 17.4. The molecule has 5 aromatic rings. The Kier molecular flexibility index (Phi) is 4.06. The maximum atomic E-state index is 13.8. The van der Waals surface area contributed by atoms with Crippen molar-refractivity contribution in [2.75, 3.05) is 5.73 Å². The van der Waals surface area contributed by atoms with Crippen LogP contribution in [0.4, 0.5) is 10.2 Å². The fraction of sp³-hybridized carbons (Fsp3) is 0.0500. The molecule has 0 unspecified atom stereocenters. The van der Waals surface area contributed by atoms with Gasteiger partial charge in [0.05, 0.1) is 27.9 Å². The zero-order valence-corrected chi connectivity index (χ0v) is 15.7. The fourth-order valence-corrected chi connectivity index (χ4v) is 3.36. The lowest BCUT2D eigenvalue weighted by Crippen LogP contribution is -2.06. The second kappa shape index (κ2) is 6.75. The molecule has 7 nitrogen and oxygen atoms in total. The van der Waals surface area contributed by atoms with Gasteiger partial charge in [-0.2, -0.15) is 10.2 Å². The van der Waals surface area contributed by atoms with Crippen molar-refractivity contribution < 1.29 is 9.13 Å². The topological polar surface area (TPSA) is 94.6 Å². The minimum Gasteiger partial charge on any atom is -0.485 e. The van der Waals surface area contributed by atoms with Gasteiger partial charge in [-0.1, -0.05) is 11.6 Å². The molecule has 0 aliphatic carbocycles. The number of halogens is 2. The lowest BCUT2D eigenvalue weighted by molar-refractivity contribution is 0.307. The molecule has 0 aliphatic heterocycles. The van der Waals surface area contributed by atoms with Crippen molar-refractivity contribution in [2.24, 2.45) is 0 Å². The number of hydrogen-bond donors (Lipinski definition) is 2. The first-order valence-electron chi connectivity index (χ1n) is 8.72. The van der Waals surface area contributed by atoms with Crippen LogP contribution in [0.3, 0.4) is 0 Å². The number of anilines is 1. The molecule has 144 valence electrons. The van der Waals surface area contributed by atoms with Crippen LogP contribution in [0.25, 0.3) is 27.5 Å². The number of nitrogen functional groups attached to an aromatic ring is 1. The summed E-state index contributed by atoms with van der Waals surface area (Å²) in [7, 11) is 0. The van der Waals surface area contributed by atoms with Crippen LogP contribution in [0.1, 0.15) is 5.56 Å². The summed E-state index contributed by atoms with van der Waals surface area (Å²) in [5.41, 5.74) is 9.14. The largest absolute Gasteiger partial charge is 0.485 e. The number of fused-ring (bicyclic) bond motifs is 2. The number of hydrogen-bond acceptors (Lipinski definition) is 5. The van der Waals surface area contributed by atoms with Crippen molar-refractivity contribution in [1.29, 1.82) is 0 Å². The molecule has 3 aromatic heterocycles. The van der Waals surface area contributed by atoms with Crippen LogP contribution in [0.5, 0.6) is 5.75 Å². The number of aromatic nitrogens is 5. The van der Waals surface area contributed by atoms with Crippen LogP contribution in [-0.2, 0) is 6.61 Å². The Bertz CT molecular complexity index is 1350. The van der Waals surface area contributed by atoms with E-state index in [0.29, 0.717) is 16.7 Å². The Morgan fingerprint density at radius 3 is 2.90 bits per heavy atom.